The number of fused-ring (bicyclic) bond motifs is 1. The summed E-state index contributed by atoms with van der Waals surface area (Å²) in [6.45, 7) is 2.39. The lowest BCUT2D eigenvalue weighted by atomic mass is 10.0. The second kappa shape index (κ2) is 7.57. The third kappa shape index (κ3) is 3.60. The number of aromatic nitrogens is 4. The number of anilines is 2. The van der Waals surface area contributed by atoms with Crippen molar-refractivity contribution >= 4 is 38.7 Å². The maximum atomic E-state index is 11.9. The molecule has 28 heavy (non-hydrogen) atoms. The van der Waals surface area contributed by atoms with Gasteiger partial charge in [0.25, 0.3) is 0 Å². The molecule has 4 rings (SSSR count). The molecule has 3 heterocycles. The number of nitrogens with one attached hydrogen (secondary N) is 2. The maximum Gasteiger partial charge on any atom is 0.321 e. The molecule has 3 aromatic heterocycles. The van der Waals surface area contributed by atoms with Crippen LogP contribution in [-0.4, -0.2) is 32.5 Å². The molecule has 0 aliphatic carbocycles. The Hall–Kier alpha value is -3.59. The fourth-order valence-electron chi connectivity index (χ4n) is 2.80. The van der Waals surface area contributed by atoms with Crippen LogP contribution in [0.2, 0.25) is 0 Å². The summed E-state index contributed by atoms with van der Waals surface area (Å²) in [4.78, 5) is 29.0. The monoisotopic (exact) mass is 391 g/mol. The van der Waals surface area contributed by atoms with E-state index in [1.807, 2.05) is 31.2 Å². The van der Waals surface area contributed by atoms with E-state index in [1.165, 1.54) is 11.3 Å². The number of rotatable bonds is 4. The van der Waals surface area contributed by atoms with E-state index in [1.54, 1.807) is 24.7 Å². The Kier molecular flexibility index (Phi) is 4.81. The van der Waals surface area contributed by atoms with E-state index >= 15 is 0 Å². The van der Waals surface area contributed by atoms with Crippen molar-refractivity contribution in [3.05, 3.63) is 48.9 Å². The van der Waals surface area contributed by atoms with Gasteiger partial charge in [-0.3, -0.25) is 10.3 Å². The Balaban J connectivity index is 1.88. The van der Waals surface area contributed by atoms with Gasteiger partial charge >= 0.3 is 6.03 Å². The Bertz CT molecular complexity index is 1140. The summed E-state index contributed by atoms with van der Waals surface area (Å²) >= 11 is 1.38. The van der Waals surface area contributed by atoms with Crippen molar-refractivity contribution in [3.8, 4) is 22.4 Å². The molecule has 0 fully saturated rings. The van der Waals surface area contributed by atoms with Crippen LogP contribution in [0.3, 0.4) is 0 Å². The van der Waals surface area contributed by atoms with E-state index in [0.29, 0.717) is 17.4 Å². The van der Waals surface area contributed by atoms with Gasteiger partial charge in [-0.1, -0.05) is 17.4 Å². The first-order chi connectivity index (χ1) is 13.6. The molecule has 4 N–H and O–H groups in total. The van der Waals surface area contributed by atoms with Crippen molar-refractivity contribution in [3.63, 3.8) is 0 Å². The molecule has 1 aromatic carbocycles. The van der Waals surface area contributed by atoms with Crippen molar-refractivity contribution < 1.29 is 4.79 Å². The lowest BCUT2D eigenvalue weighted by molar-refractivity contribution is 0.252. The van der Waals surface area contributed by atoms with Gasteiger partial charge in [-0.2, -0.15) is 0 Å². The number of benzene rings is 1. The summed E-state index contributed by atoms with van der Waals surface area (Å²) in [5.41, 5.74) is 10.0. The Labute approximate surface area is 164 Å². The number of urea groups is 1. The van der Waals surface area contributed by atoms with Crippen LogP contribution in [0.5, 0.6) is 0 Å². The first kappa shape index (κ1) is 17.8. The number of hydrogen-bond acceptors (Lipinski definition) is 7. The number of amides is 2. The number of carbonyl (C=O) groups is 1. The van der Waals surface area contributed by atoms with Gasteiger partial charge in [-0.05, 0) is 36.8 Å². The zero-order chi connectivity index (χ0) is 19.5. The topological polar surface area (TPSA) is 119 Å². The van der Waals surface area contributed by atoms with Gasteiger partial charge in [-0.25, -0.2) is 19.7 Å². The average molecular weight is 391 g/mol. The zero-order valence-corrected chi connectivity index (χ0v) is 15.8. The number of nitrogens with two attached hydrogens (primary N) is 1. The fourth-order valence-corrected chi connectivity index (χ4v) is 3.77. The van der Waals surface area contributed by atoms with Gasteiger partial charge in [-0.15, -0.1) is 0 Å². The lowest BCUT2D eigenvalue weighted by Gasteiger charge is -2.07. The molecule has 0 bridgehead atoms. The molecule has 8 nitrogen and oxygen atoms in total. The normalized spacial score (nSPS) is 10.8. The summed E-state index contributed by atoms with van der Waals surface area (Å²) in [7, 11) is 0. The highest BCUT2D eigenvalue weighted by molar-refractivity contribution is 7.22. The SMILES string of the molecule is CCNC(=O)Nc1nc2cc(-c3cccnc3)cc(-c3ccnc(N)n3)c2s1. The highest BCUT2D eigenvalue weighted by Crippen LogP contribution is 2.38. The summed E-state index contributed by atoms with van der Waals surface area (Å²) in [5.74, 6) is 0.197. The van der Waals surface area contributed by atoms with E-state index in [4.69, 9.17) is 5.73 Å². The molecule has 140 valence electrons. The van der Waals surface area contributed by atoms with E-state index in [-0.39, 0.29) is 12.0 Å². The van der Waals surface area contributed by atoms with Crippen molar-refractivity contribution in [1.29, 1.82) is 0 Å². The average Bonchev–Trinajstić information content (AvgIpc) is 3.10. The van der Waals surface area contributed by atoms with Crippen molar-refractivity contribution in [2.45, 2.75) is 6.92 Å². The van der Waals surface area contributed by atoms with Gasteiger partial charge in [0.2, 0.25) is 5.95 Å². The van der Waals surface area contributed by atoms with Crippen LogP contribution in [0.4, 0.5) is 15.9 Å². The van der Waals surface area contributed by atoms with Crippen LogP contribution in [0.25, 0.3) is 32.6 Å². The first-order valence-electron chi connectivity index (χ1n) is 8.63. The molecule has 0 aliphatic heterocycles. The molecular weight excluding hydrogens is 374 g/mol. The number of nitrogens with zero attached hydrogens (tertiary/aromatic N) is 4. The summed E-state index contributed by atoms with van der Waals surface area (Å²) in [5, 5.41) is 5.98. The standard InChI is InChI=1S/C19H17N7OS/c1-2-22-18(27)26-19-25-15-9-12(11-4-3-6-21-10-11)8-13(16(15)28-19)14-5-7-23-17(20)24-14/h3-10H,2H2,1H3,(H2,20,23,24)(H2,22,25,26,27). The summed E-state index contributed by atoms with van der Waals surface area (Å²) in [6, 6.07) is 9.36. The highest BCUT2D eigenvalue weighted by Gasteiger charge is 2.15. The van der Waals surface area contributed by atoms with Gasteiger partial charge < -0.3 is 11.1 Å². The van der Waals surface area contributed by atoms with Gasteiger partial charge in [0.1, 0.15) is 0 Å². The molecule has 4 aromatic rings. The number of nitrogen functional groups attached to an aromatic ring is 1. The van der Waals surface area contributed by atoms with Crippen LogP contribution < -0.4 is 16.4 Å². The second-order valence-electron chi connectivity index (χ2n) is 5.92. The predicted molar refractivity (Wildman–Crippen MR) is 111 cm³/mol. The third-order valence-corrected chi connectivity index (χ3v) is 5.01. The fraction of sp³-hybridized carbons (Fsp3) is 0.105. The molecule has 0 unspecified atom stereocenters. The largest absolute Gasteiger partial charge is 0.368 e. The van der Waals surface area contributed by atoms with Crippen LogP contribution >= 0.6 is 11.3 Å². The van der Waals surface area contributed by atoms with Crippen LogP contribution in [0, 0.1) is 0 Å². The van der Waals surface area contributed by atoms with Crippen molar-refractivity contribution in [2.75, 3.05) is 17.6 Å². The number of thiazole rings is 1. The van der Waals surface area contributed by atoms with Crippen LogP contribution in [0.15, 0.2) is 48.9 Å². The molecular formula is C19H17N7OS. The minimum absolute atomic E-state index is 0.197. The van der Waals surface area contributed by atoms with Crippen LogP contribution in [0.1, 0.15) is 6.92 Å². The second-order valence-corrected chi connectivity index (χ2v) is 6.92. The summed E-state index contributed by atoms with van der Waals surface area (Å²) < 4.78 is 0.900. The van der Waals surface area contributed by atoms with Gasteiger partial charge in [0.05, 0.1) is 15.9 Å². The number of carbonyl (C=O) groups excluding carboxylic acids is 1. The molecule has 2 amide bonds. The quantitative estimate of drug-likeness (QED) is 0.490. The van der Waals surface area contributed by atoms with E-state index < -0.39 is 0 Å². The molecule has 0 saturated heterocycles. The molecule has 0 spiro atoms. The van der Waals surface area contributed by atoms with Crippen LogP contribution in [-0.2, 0) is 0 Å². The molecule has 9 heteroatoms. The van der Waals surface area contributed by atoms with E-state index in [2.05, 4.69) is 30.6 Å². The zero-order valence-electron chi connectivity index (χ0n) is 15.0. The van der Waals surface area contributed by atoms with Gasteiger partial charge in [0, 0.05) is 36.3 Å². The predicted octanol–water partition coefficient (Wildman–Crippen LogP) is 3.54. The van der Waals surface area contributed by atoms with Crippen molar-refractivity contribution in [2.24, 2.45) is 0 Å². The minimum atomic E-state index is -0.290. The van der Waals surface area contributed by atoms with E-state index in [0.717, 1.165) is 26.9 Å². The Morgan fingerprint density at radius 3 is 2.82 bits per heavy atom. The third-order valence-electron chi connectivity index (χ3n) is 3.99. The summed E-state index contributed by atoms with van der Waals surface area (Å²) in [6.07, 6.45) is 5.14. The lowest BCUT2D eigenvalue weighted by Crippen LogP contribution is -2.28. The number of pyridine rings is 1. The Morgan fingerprint density at radius 2 is 2.07 bits per heavy atom. The Morgan fingerprint density at radius 1 is 1.18 bits per heavy atom. The van der Waals surface area contributed by atoms with Crippen molar-refractivity contribution in [1.82, 2.24) is 25.3 Å². The molecule has 0 aliphatic rings. The van der Waals surface area contributed by atoms with E-state index in [9.17, 15) is 4.79 Å². The van der Waals surface area contributed by atoms with Gasteiger partial charge in [0.15, 0.2) is 5.13 Å². The smallest absolute Gasteiger partial charge is 0.321 e. The minimum Gasteiger partial charge on any atom is -0.368 e. The highest BCUT2D eigenvalue weighted by atomic mass is 32.1. The maximum absolute atomic E-state index is 11.9. The molecule has 0 atom stereocenters. The molecule has 0 saturated carbocycles. The first-order valence-corrected chi connectivity index (χ1v) is 9.44. The number of hydrogen-bond donors (Lipinski definition) is 3. The molecule has 0 radical (unpaired) electrons.